The predicted octanol–water partition coefficient (Wildman–Crippen LogP) is -0.587. The molecule has 0 aliphatic carbocycles. The Morgan fingerprint density at radius 3 is 2.89 bits per heavy atom. The first-order valence-electron chi connectivity index (χ1n) is 3.44. The van der Waals surface area contributed by atoms with Gasteiger partial charge in [-0.05, 0) is 12.7 Å². The maximum Gasteiger partial charge on any atom is 0.0602 e. The van der Waals surface area contributed by atoms with Gasteiger partial charge >= 0.3 is 0 Å². The second-order valence-electron chi connectivity index (χ2n) is 1.86. The van der Waals surface area contributed by atoms with Crippen LogP contribution in [0, 0.1) is 0 Å². The summed E-state index contributed by atoms with van der Waals surface area (Å²) in [6.07, 6.45) is 1.16. The fourth-order valence-electron chi connectivity index (χ4n) is 0.506. The molecular weight excluding hydrogens is 128 g/mol. The second kappa shape index (κ2) is 7.88. The Morgan fingerprint density at radius 1 is 1.56 bits per heavy atom. The predicted molar refractivity (Wildman–Crippen MR) is 45.3 cm³/mol. The zero-order valence-electron chi connectivity index (χ0n) is 6.11. The summed E-state index contributed by atoms with van der Waals surface area (Å²) >= 11 is 0. The molecule has 0 aliphatic rings. The molecule has 0 heterocycles. The Kier molecular flexibility index (Phi) is 7.77. The highest BCUT2D eigenvalue weighted by atomic mass is 28.2. The molecular formula is C6H16N2Si. The lowest BCUT2D eigenvalue weighted by atomic mass is 10.7. The molecule has 2 nitrogen and oxygen atoms in total. The van der Waals surface area contributed by atoms with Gasteiger partial charge in [0.15, 0.2) is 0 Å². The van der Waals surface area contributed by atoms with Crippen molar-refractivity contribution in [1.82, 2.24) is 10.6 Å². The lowest BCUT2D eigenvalue weighted by Crippen LogP contribution is -2.31. The largest absolute Gasteiger partial charge is 0.308 e. The average Bonchev–Trinajstić information content (AvgIpc) is 1.89. The van der Waals surface area contributed by atoms with Gasteiger partial charge in [0.05, 0.1) is 9.52 Å². The van der Waals surface area contributed by atoms with E-state index in [0.29, 0.717) is 0 Å². The molecule has 0 unspecified atom stereocenters. The van der Waals surface area contributed by atoms with E-state index in [-0.39, 0.29) is 9.52 Å². The lowest BCUT2D eigenvalue weighted by Gasteiger charge is -2.00. The van der Waals surface area contributed by atoms with Gasteiger partial charge in [0.2, 0.25) is 0 Å². The molecule has 0 radical (unpaired) electrons. The first-order chi connectivity index (χ1) is 4.41. The van der Waals surface area contributed by atoms with Gasteiger partial charge in [-0.1, -0.05) is 6.92 Å². The van der Waals surface area contributed by atoms with Crippen LogP contribution in [-0.4, -0.2) is 28.9 Å². The zero-order chi connectivity index (χ0) is 6.95. The van der Waals surface area contributed by atoms with Crippen molar-refractivity contribution in [2.45, 2.75) is 6.92 Å². The van der Waals surface area contributed by atoms with Gasteiger partial charge in [-0.25, -0.2) is 0 Å². The first-order valence-corrected chi connectivity index (χ1v) is 5.25. The van der Waals surface area contributed by atoms with Gasteiger partial charge in [0.25, 0.3) is 0 Å². The molecule has 9 heavy (non-hydrogen) atoms. The Labute approximate surface area is 59.5 Å². The summed E-state index contributed by atoms with van der Waals surface area (Å²) in [5.74, 6) is 0. The van der Waals surface area contributed by atoms with E-state index in [2.05, 4.69) is 29.8 Å². The van der Waals surface area contributed by atoms with Gasteiger partial charge in [-0.3, -0.25) is 0 Å². The summed E-state index contributed by atoms with van der Waals surface area (Å²) in [6.45, 7) is 7.77. The van der Waals surface area contributed by atoms with Crippen LogP contribution < -0.4 is 10.6 Å². The molecule has 0 atom stereocenters. The highest BCUT2D eigenvalue weighted by molar-refractivity contribution is 6.41. The van der Waals surface area contributed by atoms with Crippen molar-refractivity contribution in [3.8, 4) is 0 Å². The molecule has 0 aromatic heterocycles. The molecule has 0 saturated heterocycles. The fourth-order valence-corrected chi connectivity index (χ4v) is 1.09. The van der Waals surface area contributed by atoms with Crippen molar-refractivity contribution in [2.24, 2.45) is 0 Å². The van der Waals surface area contributed by atoms with Gasteiger partial charge in [-0.15, -0.1) is 12.3 Å². The second-order valence-corrected chi connectivity index (χ2v) is 3.51. The van der Waals surface area contributed by atoms with Crippen LogP contribution in [-0.2, 0) is 0 Å². The van der Waals surface area contributed by atoms with Crippen LogP contribution in [0.5, 0.6) is 0 Å². The Morgan fingerprint density at radius 2 is 2.33 bits per heavy atom. The number of hydrogen-bond donors (Lipinski definition) is 2. The monoisotopic (exact) mass is 144 g/mol. The molecule has 0 fully saturated rings. The zero-order valence-corrected chi connectivity index (χ0v) is 7.53. The smallest absolute Gasteiger partial charge is 0.0602 e. The average molecular weight is 144 g/mol. The highest BCUT2D eigenvalue weighted by Crippen LogP contribution is 1.57. The Bertz CT molecular complexity index is 66.1. The van der Waals surface area contributed by atoms with E-state index < -0.39 is 0 Å². The lowest BCUT2D eigenvalue weighted by molar-refractivity contribution is 0.643. The van der Waals surface area contributed by atoms with Crippen LogP contribution in [0.25, 0.3) is 0 Å². The van der Waals surface area contributed by atoms with E-state index >= 15 is 0 Å². The van der Waals surface area contributed by atoms with Gasteiger partial charge in [0.1, 0.15) is 0 Å². The molecule has 2 N–H and O–H groups in total. The molecule has 0 bridgehead atoms. The van der Waals surface area contributed by atoms with Crippen molar-refractivity contribution >= 4 is 9.52 Å². The van der Waals surface area contributed by atoms with Crippen LogP contribution in [0.3, 0.4) is 0 Å². The van der Waals surface area contributed by atoms with E-state index in [4.69, 9.17) is 0 Å². The number of hydrogen-bond acceptors (Lipinski definition) is 2. The Balaban J connectivity index is 2.66. The summed E-state index contributed by atoms with van der Waals surface area (Å²) in [7, 11) is 0.00651. The van der Waals surface area contributed by atoms with Crippen molar-refractivity contribution in [2.75, 3.05) is 19.4 Å². The van der Waals surface area contributed by atoms with E-state index in [0.717, 1.165) is 19.4 Å². The minimum absolute atomic E-state index is 0.00651. The molecule has 0 rings (SSSR count). The molecule has 54 valence electrons. The standard InChI is InChI=1S/C6H16N2Si/c1-3-7-5-8-6-9-4-2/h4,7-8H,2-3,5-6,9H2,1H3. The molecule has 0 saturated carbocycles. The SMILES string of the molecule is C=C[SiH2]CNCNCC. The molecule has 0 aliphatic heterocycles. The summed E-state index contributed by atoms with van der Waals surface area (Å²) in [6, 6.07) is 0. The third-order valence-electron chi connectivity index (χ3n) is 1.03. The fraction of sp³-hybridized carbons (Fsp3) is 0.667. The van der Waals surface area contributed by atoms with E-state index in [1.165, 1.54) is 0 Å². The van der Waals surface area contributed by atoms with E-state index in [1.54, 1.807) is 0 Å². The van der Waals surface area contributed by atoms with Gasteiger partial charge in [-0.2, -0.15) is 0 Å². The topological polar surface area (TPSA) is 24.1 Å². The molecule has 0 spiro atoms. The molecule has 0 amide bonds. The van der Waals surface area contributed by atoms with E-state index in [1.807, 2.05) is 0 Å². The summed E-state index contributed by atoms with van der Waals surface area (Å²) in [5, 5.41) is 6.45. The van der Waals surface area contributed by atoms with Crippen LogP contribution in [0.1, 0.15) is 6.92 Å². The minimum atomic E-state index is 0.00651. The normalized spacial score (nSPS) is 10.8. The number of rotatable bonds is 6. The maximum atomic E-state index is 3.68. The van der Waals surface area contributed by atoms with Gasteiger partial charge in [0, 0.05) is 6.67 Å². The number of nitrogens with one attached hydrogen (secondary N) is 2. The highest BCUT2D eigenvalue weighted by Gasteiger charge is 1.80. The third kappa shape index (κ3) is 7.88. The maximum absolute atomic E-state index is 3.68. The third-order valence-corrected chi connectivity index (χ3v) is 2.08. The Hall–Kier alpha value is -0.123. The molecule has 0 aromatic carbocycles. The van der Waals surface area contributed by atoms with Gasteiger partial charge < -0.3 is 10.6 Å². The van der Waals surface area contributed by atoms with Crippen LogP contribution in [0.15, 0.2) is 12.3 Å². The van der Waals surface area contributed by atoms with Crippen molar-refractivity contribution < 1.29 is 0 Å². The minimum Gasteiger partial charge on any atom is -0.308 e. The van der Waals surface area contributed by atoms with Crippen LogP contribution in [0.4, 0.5) is 0 Å². The van der Waals surface area contributed by atoms with E-state index in [9.17, 15) is 0 Å². The van der Waals surface area contributed by atoms with Crippen molar-refractivity contribution in [3.05, 3.63) is 12.3 Å². The van der Waals surface area contributed by atoms with Crippen LogP contribution in [0.2, 0.25) is 0 Å². The summed E-state index contributed by atoms with van der Waals surface area (Å²) in [4.78, 5) is 0. The molecule has 0 aromatic rings. The van der Waals surface area contributed by atoms with Crippen molar-refractivity contribution in [1.29, 1.82) is 0 Å². The summed E-state index contributed by atoms with van der Waals surface area (Å²) in [5.41, 5.74) is 2.05. The van der Waals surface area contributed by atoms with Crippen LogP contribution >= 0.6 is 0 Å². The summed E-state index contributed by atoms with van der Waals surface area (Å²) < 4.78 is 0. The quantitative estimate of drug-likeness (QED) is 0.296. The molecule has 3 heteroatoms. The first kappa shape index (κ1) is 8.88. The van der Waals surface area contributed by atoms with Crippen molar-refractivity contribution in [3.63, 3.8) is 0 Å².